The van der Waals surface area contributed by atoms with E-state index in [9.17, 15) is 4.79 Å². The second kappa shape index (κ2) is 9.30. The third kappa shape index (κ3) is 5.37. The van der Waals surface area contributed by atoms with E-state index in [0.717, 1.165) is 12.0 Å². The SMILES string of the molecule is CCCOc1ccc(/C=N/NC(=O)c2ccc(Cl)cc2Cl)cc1OC. The van der Waals surface area contributed by atoms with Crippen LogP contribution >= 0.6 is 23.2 Å². The first-order chi connectivity index (χ1) is 12.0. The minimum atomic E-state index is -0.423. The van der Waals surface area contributed by atoms with E-state index >= 15 is 0 Å². The van der Waals surface area contributed by atoms with Crippen LogP contribution < -0.4 is 14.9 Å². The topological polar surface area (TPSA) is 59.9 Å². The van der Waals surface area contributed by atoms with Crippen molar-refractivity contribution in [3.63, 3.8) is 0 Å². The van der Waals surface area contributed by atoms with Crippen LogP contribution in [-0.2, 0) is 0 Å². The molecule has 0 fully saturated rings. The summed E-state index contributed by atoms with van der Waals surface area (Å²) in [6.07, 6.45) is 2.42. The third-order valence-corrected chi connectivity index (χ3v) is 3.75. The monoisotopic (exact) mass is 380 g/mol. The number of benzene rings is 2. The van der Waals surface area contributed by atoms with Gasteiger partial charge in [0.15, 0.2) is 11.5 Å². The molecule has 25 heavy (non-hydrogen) atoms. The molecule has 0 bridgehead atoms. The molecule has 0 unspecified atom stereocenters. The molecule has 0 radical (unpaired) electrons. The molecule has 2 aromatic rings. The highest BCUT2D eigenvalue weighted by atomic mass is 35.5. The lowest BCUT2D eigenvalue weighted by Crippen LogP contribution is -2.18. The molecule has 0 atom stereocenters. The molecule has 0 heterocycles. The van der Waals surface area contributed by atoms with Crippen LogP contribution in [0.15, 0.2) is 41.5 Å². The Kier molecular flexibility index (Phi) is 7.10. The quantitative estimate of drug-likeness (QED) is 0.565. The Hall–Kier alpha value is -2.24. The van der Waals surface area contributed by atoms with Crippen molar-refractivity contribution in [2.24, 2.45) is 5.10 Å². The zero-order valence-electron chi connectivity index (χ0n) is 13.9. The van der Waals surface area contributed by atoms with E-state index in [1.54, 1.807) is 31.4 Å². The van der Waals surface area contributed by atoms with Crippen molar-refractivity contribution >= 4 is 35.3 Å². The van der Waals surface area contributed by atoms with Crippen molar-refractivity contribution < 1.29 is 14.3 Å². The first-order valence-electron chi connectivity index (χ1n) is 7.64. The number of methoxy groups -OCH3 is 1. The summed E-state index contributed by atoms with van der Waals surface area (Å²) in [4.78, 5) is 12.1. The van der Waals surface area contributed by atoms with Crippen LogP contribution in [0.1, 0.15) is 29.3 Å². The lowest BCUT2D eigenvalue weighted by atomic mass is 10.2. The van der Waals surface area contributed by atoms with Crippen molar-refractivity contribution in [2.75, 3.05) is 13.7 Å². The normalized spacial score (nSPS) is 10.7. The van der Waals surface area contributed by atoms with Gasteiger partial charge in [-0.15, -0.1) is 0 Å². The maximum Gasteiger partial charge on any atom is 0.272 e. The minimum Gasteiger partial charge on any atom is -0.493 e. The van der Waals surface area contributed by atoms with Gasteiger partial charge in [-0.25, -0.2) is 5.43 Å². The summed E-state index contributed by atoms with van der Waals surface area (Å²) in [7, 11) is 1.57. The first kappa shape index (κ1) is 19.1. The number of hydrogen-bond donors (Lipinski definition) is 1. The van der Waals surface area contributed by atoms with Gasteiger partial charge in [-0.3, -0.25) is 4.79 Å². The van der Waals surface area contributed by atoms with Crippen molar-refractivity contribution in [3.8, 4) is 11.5 Å². The molecule has 0 saturated carbocycles. The maximum atomic E-state index is 12.1. The molecule has 1 amide bonds. The predicted molar refractivity (Wildman–Crippen MR) is 100 cm³/mol. The minimum absolute atomic E-state index is 0.263. The number of hydrogen-bond acceptors (Lipinski definition) is 4. The summed E-state index contributed by atoms with van der Waals surface area (Å²) in [5, 5.41) is 4.66. The highest BCUT2D eigenvalue weighted by Gasteiger charge is 2.10. The molecule has 0 aromatic heterocycles. The molecule has 0 spiro atoms. The van der Waals surface area contributed by atoms with Crippen LogP contribution in [-0.4, -0.2) is 25.8 Å². The van der Waals surface area contributed by atoms with E-state index < -0.39 is 5.91 Å². The molecule has 2 rings (SSSR count). The van der Waals surface area contributed by atoms with Gasteiger partial charge in [-0.2, -0.15) is 5.10 Å². The lowest BCUT2D eigenvalue weighted by molar-refractivity contribution is 0.0955. The van der Waals surface area contributed by atoms with Crippen molar-refractivity contribution in [1.82, 2.24) is 5.43 Å². The number of carbonyl (C=O) groups is 1. The summed E-state index contributed by atoms with van der Waals surface area (Å²) in [5.41, 5.74) is 3.47. The molecule has 132 valence electrons. The number of rotatable bonds is 7. The second-order valence-electron chi connectivity index (χ2n) is 5.08. The smallest absolute Gasteiger partial charge is 0.272 e. The van der Waals surface area contributed by atoms with Gasteiger partial charge in [-0.05, 0) is 48.4 Å². The third-order valence-electron chi connectivity index (χ3n) is 3.20. The van der Waals surface area contributed by atoms with E-state index in [-0.39, 0.29) is 5.02 Å². The van der Waals surface area contributed by atoms with Gasteiger partial charge in [0.2, 0.25) is 0 Å². The number of carbonyl (C=O) groups excluding carboxylic acids is 1. The van der Waals surface area contributed by atoms with Crippen LogP contribution in [0.3, 0.4) is 0 Å². The predicted octanol–water partition coefficient (Wildman–Crippen LogP) is 4.55. The number of hydrazone groups is 1. The molecule has 1 N–H and O–H groups in total. The van der Waals surface area contributed by atoms with Gasteiger partial charge in [0.1, 0.15) is 0 Å². The summed E-state index contributed by atoms with van der Waals surface area (Å²) in [6, 6.07) is 10.0. The van der Waals surface area contributed by atoms with Gasteiger partial charge in [-0.1, -0.05) is 30.1 Å². The number of amides is 1. The average molecular weight is 381 g/mol. The second-order valence-corrected chi connectivity index (χ2v) is 5.93. The Balaban J connectivity index is 2.05. The van der Waals surface area contributed by atoms with Gasteiger partial charge < -0.3 is 9.47 Å². The van der Waals surface area contributed by atoms with E-state index in [4.69, 9.17) is 32.7 Å². The fourth-order valence-corrected chi connectivity index (χ4v) is 2.49. The van der Waals surface area contributed by atoms with E-state index in [2.05, 4.69) is 10.5 Å². The van der Waals surface area contributed by atoms with Gasteiger partial charge in [0.25, 0.3) is 5.91 Å². The van der Waals surface area contributed by atoms with E-state index in [1.807, 2.05) is 13.0 Å². The molecule has 0 aliphatic rings. The largest absolute Gasteiger partial charge is 0.493 e. The molecule has 0 saturated heterocycles. The van der Waals surface area contributed by atoms with Crippen molar-refractivity contribution in [1.29, 1.82) is 0 Å². The summed E-state index contributed by atoms with van der Waals surface area (Å²) in [6.45, 7) is 2.64. The van der Waals surface area contributed by atoms with Crippen LogP contribution in [0.4, 0.5) is 0 Å². The van der Waals surface area contributed by atoms with Gasteiger partial charge in [0.05, 0.1) is 30.5 Å². The summed E-state index contributed by atoms with van der Waals surface area (Å²) in [5.74, 6) is 0.843. The molecule has 2 aromatic carbocycles. The standard InChI is InChI=1S/C18H18Cl2N2O3/c1-3-8-25-16-7-4-12(9-17(16)24-2)11-21-22-18(23)14-6-5-13(19)10-15(14)20/h4-7,9-11H,3,8H2,1-2H3,(H,22,23)/b21-11+. The van der Waals surface area contributed by atoms with Crippen LogP contribution in [0.25, 0.3) is 0 Å². The highest BCUT2D eigenvalue weighted by molar-refractivity contribution is 6.36. The van der Waals surface area contributed by atoms with Gasteiger partial charge >= 0.3 is 0 Å². The number of ether oxygens (including phenoxy) is 2. The van der Waals surface area contributed by atoms with Crippen LogP contribution in [0.2, 0.25) is 10.0 Å². The summed E-state index contributed by atoms with van der Waals surface area (Å²) >= 11 is 11.8. The zero-order valence-corrected chi connectivity index (χ0v) is 15.4. The molecule has 0 aliphatic carbocycles. The lowest BCUT2D eigenvalue weighted by Gasteiger charge is -2.10. The Morgan fingerprint density at radius 1 is 1.20 bits per heavy atom. The fraction of sp³-hybridized carbons (Fsp3) is 0.222. The van der Waals surface area contributed by atoms with Crippen molar-refractivity contribution in [3.05, 3.63) is 57.6 Å². The molecular formula is C18H18Cl2N2O3. The fourth-order valence-electron chi connectivity index (χ4n) is 2.00. The van der Waals surface area contributed by atoms with E-state index in [1.165, 1.54) is 12.3 Å². The van der Waals surface area contributed by atoms with Crippen LogP contribution in [0.5, 0.6) is 11.5 Å². The first-order valence-corrected chi connectivity index (χ1v) is 8.40. The zero-order chi connectivity index (χ0) is 18.2. The Bertz CT molecular complexity index is 779. The highest BCUT2D eigenvalue weighted by Crippen LogP contribution is 2.27. The number of nitrogens with one attached hydrogen (secondary N) is 1. The summed E-state index contributed by atoms with van der Waals surface area (Å²) < 4.78 is 10.9. The Morgan fingerprint density at radius 3 is 2.68 bits per heavy atom. The molecule has 0 aliphatic heterocycles. The maximum absolute atomic E-state index is 12.1. The van der Waals surface area contributed by atoms with Crippen LogP contribution in [0, 0.1) is 0 Å². The molecular weight excluding hydrogens is 363 g/mol. The van der Waals surface area contributed by atoms with Gasteiger partial charge in [0, 0.05) is 5.02 Å². The molecule has 5 nitrogen and oxygen atoms in total. The Labute approximate surface area is 156 Å². The number of nitrogens with zero attached hydrogens (tertiary/aromatic N) is 1. The van der Waals surface area contributed by atoms with Crippen molar-refractivity contribution in [2.45, 2.75) is 13.3 Å². The molecule has 7 heteroatoms. The van der Waals surface area contributed by atoms with E-state index in [0.29, 0.717) is 28.7 Å². The number of halogens is 2. The Morgan fingerprint density at radius 2 is 2.00 bits per heavy atom. The average Bonchev–Trinajstić information content (AvgIpc) is 2.60.